The van der Waals surface area contributed by atoms with E-state index in [4.69, 9.17) is 33.4 Å². The number of carbonyl (C=O) groups is 2. The number of furan rings is 1. The van der Waals surface area contributed by atoms with Gasteiger partial charge in [-0.1, -0.05) is 29.3 Å². The lowest BCUT2D eigenvalue weighted by molar-refractivity contribution is -0.112. The molecular formula is C23H17Cl2N3O3S. The monoisotopic (exact) mass is 485 g/mol. The van der Waals surface area contributed by atoms with Gasteiger partial charge in [-0.2, -0.15) is 5.26 Å². The van der Waals surface area contributed by atoms with Gasteiger partial charge >= 0.3 is 0 Å². The van der Waals surface area contributed by atoms with E-state index in [1.54, 1.807) is 30.3 Å². The van der Waals surface area contributed by atoms with Crippen molar-refractivity contribution in [3.63, 3.8) is 0 Å². The average Bonchev–Trinajstić information content (AvgIpc) is 3.35. The number of nitriles is 1. The molecule has 6 nitrogen and oxygen atoms in total. The van der Waals surface area contributed by atoms with Crippen molar-refractivity contribution in [2.75, 3.05) is 5.32 Å². The van der Waals surface area contributed by atoms with Gasteiger partial charge in [-0.3, -0.25) is 9.59 Å². The van der Waals surface area contributed by atoms with Gasteiger partial charge in [-0.25, -0.2) is 0 Å². The summed E-state index contributed by atoms with van der Waals surface area (Å²) in [5.74, 6) is -0.549. The van der Waals surface area contributed by atoms with Gasteiger partial charge in [0.1, 0.15) is 28.2 Å². The molecule has 9 heteroatoms. The van der Waals surface area contributed by atoms with Crippen molar-refractivity contribution in [1.29, 1.82) is 5.26 Å². The molecule has 0 bridgehead atoms. The first-order chi connectivity index (χ1) is 15.4. The van der Waals surface area contributed by atoms with E-state index in [2.05, 4.69) is 5.32 Å². The maximum Gasteiger partial charge on any atom is 0.267 e. The highest BCUT2D eigenvalue weighted by Gasteiger charge is 2.25. The molecular weight excluding hydrogens is 469 g/mol. The lowest BCUT2D eigenvalue weighted by Crippen LogP contribution is -2.19. The minimum atomic E-state index is -0.651. The fraction of sp³-hybridized carbons (Fsp3) is 0.174. The Morgan fingerprint density at radius 2 is 1.88 bits per heavy atom. The molecule has 2 heterocycles. The van der Waals surface area contributed by atoms with Gasteiger partial charge in [0.15, 0.2) is 0 Å². The van der Waals surface area contributed by atoms with Crippen molar-refractivity contribution in [3.8, 4) is 17.4 Å². The smallest absolute Gasteiger partial charge is 0.267 e. The van der Waals surface area contributed by atoms with Crippen molar-refractivity contribution < 1.29 is 14.0 Å². The van der Waals surface area contributed by atoms with Crippen LogP contribution >= 0.6 is 34.5 Å². The van der Waals surface area contributed by atoms with Crippen LogP contribution in [0, 0.1) is 11.3 Å². The van der Waals surface area contributed by atoms with Crippen LogP contribution in [-0.4, -0.2) is 11.8 Å². The van der Waals surface area contributed by atoms with E-state index in [1.165, 1.54) is 17.4 Å². The van der Waals surface area contributed by atoms with E-state index in [9.17, 15) is 14.9 Å². The molecule has 0 aliphatic heterocycles. The molecule has 1 aromatic carbocycles. The predicted molar refractivity (Wildman–Crippen MR) is 126 cm³/mol. The van der Waals surface area contributed by atoms with E-state index in [-0.39, 0.29) is 11.3 Å². The highest BCUT2D eigenvalue weighted by atomic mass is 35.5. The van der Waals surface area contributed by atoms with Gasteiger partial charge in [0, 0.05) is 11.0 Å². The third-order valence-electron chi connectivity index (χ3n) is 5.13. The van der Waals surface area contributed by atoms with Crippen LogP contribution in [0.4, 0.5) is 5.00 Å². The Morgan fingerprint density at radius 3 is 2.56 bits per heavy atom. The number of fused-ring (bicyclic) bond motifs is 1. The first-order valence-corrected chi connectivity index (χ1v) is 11.4. The van der Waals surface area contributed by atoms with Crippen molar-refractivity contribution >= 4 is 57.4 Å². The summed E-state index contributed by atoms with van der Waals surface area (Å²) in [6, 6.07) is 10.2. The van der Waals surface area contributed by atoms with Crippen LogP contribution in [0.1, 0.15) is 39.4 Å². The third-order valence-corrected chi connectivity index (χ3v) is 6.97. The summed E-state index contributed by atoms with van der Waals surface area (Å²) in [5, 5.41) is 13.4. The second kappa shape index (κ2) is 9.21. The third kappa shape index (κ3) is 4.30. The first kappa shape index (κ1) is 22.2. The molecule has 0 fully saturated rings. The number of hydrogen-bond acceptors (Lipinski definition) is 5. The fourth-order valence-corrected chi connectivity index (χ4v) is 5.55. The quantitative estimate of drug-likeness (QED) is 0.349. The number of primary amides is 1. The van der Waals surface area contributed by atoms with Crippen molar-refractivity contribution in [1.82, 2.24) is 0 Å². The van der Waals surface area contributed by atoms with E-state index in [0.29, 0.717) is 31.9 Å². The summed E-state index contributed by atoms with van der Waals surface area (Å²) in [6.07, 6.45) is 4.91. The summed E-state index contributed by atoms with van der Waals surface area (Å²) in [6.45, 7) is 0. The number of amides is 2. The van der Waals surface area contributed by atoms with Gasteiger partial charge in [0.05, 0.1) is 21.2 Å². The zero-order valence-electron chi connectivity index (χ0n) is 16.7. The molecule has 32 heavy (non-hydrogen) atoms. The molecule has 0 unspecified atom stereocenters. The Balaban J connectivity index is 1.61. The molecule has 2 amide bonds. The van der Waals surface area contributed by atoms with Crippen LogP contribution < -0.4 is 11.1 Å². The van der Waals surface area contributed by atoms with Crippen molar-refractivity contribution in [2.45, 2.75) is 25.7 Å². The number of nitrogens with zero attached hydrogens (tertiary/aromatic N) is 1. The summed E-state index contributed by atoms with van der Waals surface area (Å²) < 4.78 is 5.74. The lowest BCUT2D eigenvalue weighted by atomic mass is 9.95. The van der Waals surface area contributed by atoms with E-state index in [0.717, 1.165) is 36.1 Å². The Kier molecular flexibility index (Phi) is 6.38. The Morgan fingerprint density at radius 1 is 1.16 bits per heavy atom. The van der Waals surface area contributed by atoms with E-state index >= 15 is 0 Å². The predicted octanol–water partition coefficient (Wildman–Crippen LogP) is 5.84. The van der Waals surface area contributed by atoms with Crippen molar-refractivity contribution in [2.24, 2.45) is 5.73 Å². The van der Waals surface area contributed by atoms with Gasteiger partial charge in [0.2, 0.25) is 0 Å². The molecule has 0 saturated heterocycles. The minimum Gasteiger partial charge on any atom is -0.457 e. The molecule has 0 spiro atoms. The lowest BCUT2D eigenvalue weighted by Gasteiger charge is -2.11. The number of hydrogen-bond donors (Lipinski definition) is 2. The summed E-state index contributed by atoms with van der Waals surface area (Å²) in [4.78, 5) is 25.9. The number of carbonyl (C=O) groups excluding carboxylic acids is 2. The maximum absolute atomic E-state index is 12.8. The summed E-state index contributed by atoms with van der Waals surface area (Å²) in [7, 11) is 0. The van der Waals surface area contributed by atoms with Crippen LogP contribution in [0.15, 0.2) is 40.3 Å². The second-order valence-electron chi connectivity index (χ2n) is 7.20. The number of benzene rings is 1. The Bertz CT molecular complexity index is 1280. The number of rotatable bonds is 5. The number of halogens is 2. The van der Waals surface area contributed by atoms with Crippen LogP contribution in [0.2, 0.25) is 10.0 Å². The molecule has 1 aliphatic rings. The van der Waals surface area contributed by atoms with Crippen LogP contribution in [-0.2, 0) is 17.6 Å². The SMILES string of the molecule is N#CC(=Cc1ccc(-c2c(Cl)cccc2Cl)o1)C(=O)Nc1sc2c(c1C(N)=O)CCCC2. The number of nitrogens with one attached hydrogen (secondary N) is 1. The maximum atomic E-state index is 12.8. The van der Waals surface area contributed by atoms with Gasteiger partial charge in [-0.15, -0.1) is 11.3 Å². The van der Waals surface area contributed by atoms with Crippen LogP contribution in [0.5, 0.6) is 0 Å². The topological polar surface area (TPSA) is 109 Å². The Labute approximate surface area is 198 Å². The summed E-state index contributed by atoms with van der Waals surface area (Å²) >= 11 is 13.8. The molecule has 2 aromatic heterocycles. The van der Waals surface area contributed by atoms with Gasteiger partial charge < -0.3 is 15.5 Å². The Hall–Kier alpha value is -3.05. The minimum absolute atomic E-state index is 0.182. The highest BCUT2D eigenvalue weighted by molar-refractivity contribution is 7.17. The van der Waals surface area contributed by atoms with Crippen molar-refractivity contribution in [3.05, 3.63) is 67.7 Å². The largest absolute Gasteiger partial charge is 0.457 e. The molecule has 162 valence electrons. The normalized spacial score (nSPS) is 13.3. The zero-order valence-corrected chi connectivity index (χ0v) is 19.0. The van der Waals surface area contributed by atoms with Gasteiger partial charge in [-0.05, 0) is 55.5 Å². The highest BCUT2D eigenvalue weighted by Crippen LogP contribution is 2.38. The molecule has 0 atom stereocenters. The molecule has 3 aromatic rings. The molecule has 3 N–H and O–H groups in total. The second-order valence-corrected chi connectivity index (χ2v) is 9.12. The number of nitrogens with two attached hydrogens (primary N) is 1. The van der Waals surface area contributed by atoms with E-state index in [1.807, 2.05) is 6.07 Å². The number of anilines is 1. The fourth-order valence-electron chi connectivity index (χ4n) is 3.67. The molecule has 1 aliphatic carbocycles. The average molecular weight is 486 g/mol. The molecule has 0 radical (unpaired) electrons. The number of aryl methyl sites for hydroxylation is 1. The standard InChI is InChI=1S/C23H17Cl2N3O3S/c24-15-5-3-6-16(25)20(15)17-9-8-13(31-17)10-12(11-26)22(30)28-23-19(21(27)29)14-4-1-2-7-18(14)32-23/h3,5-6,8-10H,1-2,4,7H2,(H2,27,29)(H,28,30). The summed E-state index contributed by atoms with van der Waals surface area (Å²) in [5.41, 5.74) is 7.15. The zero-order chi connectivity index (χ0) is 22.8. The molecule has 4 rings (SSSR count). The number of thiophene rings is 1. The van der Waals surface area contributed by atoms with Crippen LogP contribution in [0.25, 0.3) is 17.4 Å². The van der Waals surface area contributed by atoms with Crippen LogP contribution in [0.3, 0.4) is 0 Å². The van der Waals surface area contributed by atoms with Gasteiger partial charge in [0.25, 0.3) is 11.8 Å². The molecule has 0 saturated carbocycles. The first-order valence-electron chi connectivity index (χ1n) is 9.80. The van der Waals surface area contributed by atoms with E-state index < -0.39 is 11.8 Å².